The van der Waals surface area contributed by atoms with Crippen molar-refractivity contribution in [3.05, 3.63) is 53.3 Å². The van der Waals surface area contributed by atoms with Gasteiger partial charge in [-0.1, -0.05) is 12.1 Å². The third-order valence-corrected chi connectivity index (χ3v) is 5.00. The van der Waals surface area contributed by atoms with Crippen LogP contribution in [0.25, 0.3) is 0 Å². The molecule has 1 aliphatic heterocycles. The normalized spacial score (nSPS) is 14.3. The van der Waals surface area contributed by atoms with Crippen LogP contribution in [-0.4, -0.2) is 59.1 Å². The van der Waals surface area contributed by atoms with Gasteiger partial charge in [-0.15, -0.1) is 0 Å². The molecular formula is C25H34F2N4O4. The van der Waals surface area contributed by atoms with Gasteiger partial charge in [0.15, 0.2) is 5.78 Å². The molecule has 2 heterocycles. The molecule has 0 unspecified atom stereocenters. The number of halogens is 2. The maximum absolute atomic E-state index is 12.4. The molecule has 0 atom stereocenters. The molecule has 1 aliphatic rings. The van der Waals surface area contributed by atoms with E-state index in [1.54, 1.807) is 6.07 Å². The fraction of sp³-hybridized carbons (Fsp3) is 0.480. The summed E-state index contributed by atoms with van der Waals surface area (Å²) in [6.45, 7) is 5.30. The number of hydrogen-bond acceptors (Lipinski definition) is 8. The number of benzene rings is 1. The van der Waals surface area contributed by atoms with Gasteiger partial charge in [0.25, 0.3) is 0 Å². The zero-order chi connectivity index (χ0) is 26.2. The van der Waals surface area contributed by atoms with Crippen molar-refractivity contribution in [3.8, 4) is 5.75 Å². The van der Waals surface area contributed by atoms with Crippen LogP contribution >= 0.6 is 0 Å². The van der Waals surface area contributed by atoms with Crippen molar-refractivity contribution in [2.24, 2.45) is 5.73 Å². The lowest BCUT2D eigenvalue weighted by molar-refractivity contribution is -0.0498. The van der Waals surface area contributed by atoms with Crippen molar-refractivity contribution in [1.82, 2.24) is 4.98 Å². The minimum absolute atomic E-state index is 0.0191. The van der Waals surface area contributed by atoms with Gasteiger partial charge < -0.3 is 25.6 Å². The molecule has 3 rings (SSSR count). The number of aromatic nitrogens is 1. The summed E-state index contributed by atoms with van der Waals surface area (Å²) in [5.41, 5.74) is 5.17. The van der Waals surface area contributed by atoms with Crippen LogP contribution in [0.4, 0.5) is 14.5 Å². The molecule has 0 saturated carbocycles. The number of rotatable bonds is 8. The van der Waals surface area contributed by atoms with Gasteiger partial charge >= 0.3 is 6.61 Å². The molecule has 0 aliphatic carbocycles. The van der Waals surface area contributed by atoms with Crippen LogP contribution in [0.1, 0.15) is 62.2 Å². The number of Topliss-reactive ketones (excluding diaryl/α,β-unsaturated/α-hetero) is 1. The number of carbonyl (C=O) groups excluding carboxylic acids is 1. The average Bonchev–Trinajstić information content (AvgIpc) is 2.78. The second-order valence-electron chi connectivity index (χ2n) is 9.04. The minimum Gasteiger partial charge on any atom is -0.435 e. The summed E-state index contributed by atoms with van der Waals surface area (Å²) in [7, 11) is 0. The number of aliphatic hydroxyl groups is 1. The predicted octanol–water partition coefficient (Wildman–Crippen LogP) is 4.00. The summed E-state index contributed by atoms with van der Waals surface area (Å²) in [4.78, 5) is 16.6. The van der Waals surface area contributed by atoms with Gasteiger partial charge in [0.2, 0.25) is 0 Å². The molecule has 1 aromatic heterocycles. The van der Waals surface area contributed by atoms with E-state index < -0.39 is 18.0 Å². The number of alkyl halides is 2. The Morgan fingerprint density at radius 1 is 1.26 bits per heavy atom. The smallest absolute Gasteiger partial charge is 0.387 e. The number of anilines is 1. The molecule has 5 N–H and O–H groups in total. The first-order valence-corrected chi connectivity index (χ1v) is 11.4. The molecular weight excluding hydrogens is 458 g/mol. The maximum atomic E-state index is 12.4. The summed E-state index contributed by atoms with van der Waals surface area (Å²) in [6.07, 6.45) is 3.37. The van der Waals surface area contributed by atoms with E-state index in [1.165, 1.54) is 44.3 Å². The molecule has 1 aromatic carbocycles. The monoisotopic (exact) mass is 492 g/mol. The Kier molecular flexibility index (Phi) is 10.2. The van der Waals surface area contributed by atoms with Gasteiger partial charge in [-0.05, 0) is 58.7 Å². The van der Waals surface area contributed by atoms with Crippen LogP contribution in [0.5, 0.6) is 5.75 Å². The Morgan fingerprint density at radius 2 is 1.91 bits per heavy atom. The number of ether oxygens (including phenoxy) is 2. The van der Waals surface area contributed by atoms with Gasteiger partial charge in [0.1, 0.15) is 17.0 Å². The van der Waals surface area contributed by atoms with Gasteiger partial charge in [0, 0.05) is 42.6 Å². The summed E-state index contributed by atoms with van der Waals surface area (Å²) >= 11 is 0. The third kappa shape index (κ3) is 8.97. The van der Waals surface area contributed by atoms with Crippen molar-refractivity contribution in [2.75, 3.05) is 18.5 Å². The fourth-order valence-corrected chi connectivity index (χ4v) is 3.24. The average molecular weight is 493 g/mol. The molecule has 1 saturated heterocycles. The Balaban J connectivity index is 0.000000527. The standard InChI is InChI=1S/C20H23F2N3O3.C5H11NO/c1-11(2)25-15-9-13(18(26)20(3,4)27)10-24-17(15)16(23)12-6-5-7-14(8-12)28-19(21)22;6-5-1-3-7-4-2-5/h5-11,19,23,25,27H,1-4H3;5H,1-4,6H2. The van der Waals surface area contributed by atoms with Crippen LogP contribution in [-0.2, 0) is 4.74 Å². The first kappa shape index (κ1) is 28.3. The topological polar surface area (TPSA) is 131 Å². The molecule has 1 fully saturated rings. The van der Waals surface area contributed by atoms with E-state index in [-0.39, 0.29) is 28.8 Å². The summed E-state index contributed by atoms with van der Waals surface area (Å²) in [5, 5.41) is 21.5. The van der Waals surface area contributed by atoms with Crippen molar-refractivity contribution in [2.45, 2.75) is 64.8 Å². The minimum atomic E-state index is -2.96. The summed E-state index contributed by atoms with van der Waals surface area (Å²) in [5.74, 6) is -0.568. The highest BCUT2D eigenvalue weighted by atomic mass is 19.3. The van der Waals surface area contributed by atoms with E-state index in [0.717, 1.165) is 26.1 Å². The Bertz CT molecular complexity index is 1000. The van der Waals surface area contributed by atoms with Crippen molar-refractivity contribution in [3.63, 3.8) is 0 Å². The maximum Gasteiger partial charge on any atom is 0.387 e. The second kappa shape index (κ2) is 12.7. The van der Waals surface area contributed by atoms with Crippen LogP contribution in [0.3, 0.4) is 0 Å². The van der Waals surface area contributed by atoms with Crippen LogP contribution in [0.2, 0.25) is 0 Å². The van der Waals surface area contributed by atoms with Crippen molar-refractivity contribution in [1.29, 1.82) is 5.41 Å². The highest BCUT2D eigenvalue weighted by Gasteiger charge is 2.27. The number of carbonyl (C=O) groups is 1. The fourth-order valence-electron chi connectivity index (χ4n) is 3.24. The largest absolute Gasteiger partial charge is 0.435 e. The highest BCUT2D eigenvalue weighted by Crippen LogP contribution is 2.24. The molecule has 10 heteroatoms. The molecule has 35 heavy (non-hydrogen) atoms. The molecule has 0 bridgehead atoms. The van der Waals surface area contributed by atoms with E-state index in [0.29, 0.717) is 17.3 Å². The van der Waals surface area contributed by atoms with E-state index in [2.05, 4.69) is 15.0 Å². The first-order chi connectivity index (χ1) is 16.4. The number of pyridine rings is 1. The lowest BCUT2D eigenvalue weighted by Gasteiger charge is -2.19. The third-order valence-electron chi connectivity index (χ3n) is 5.00. The molecule has 192 valence electrons. The van der Waals surface area contributed by atoms with E-state index in [4.69, 9.17) is 15.9 Å². The quantitative estimate of drug-likeness (QED) is 0.324. The SMILES string of the molecule is CC(C)Nc1cc(C(=O)C(C)(C)O)cnc1C(=N)c1cccc(OC(F)F)c1.NC1CCOCC1. The molecule has 2 aromatic rings. The van der Waals surface area contributed by atoms with Gasteiger partial charge in [0.05, 0.1) is 11.4 Å². The molecule has 0 spiro atoms. The number of ketones is 1. The Labute approximate surface area is 204 Å². The van der Waals surface area contributed by atoms with E-state index >= 15 is 0 Å². The van der Waals surface area contributed by atoms with Crippen LogP contribution < -0.4 is 15.8 Å². The highest BCUT2D eigenvalue weighted by molar-refractivity contribution is 6.13. The zero-order valence-electron chi connectivity index (χ0n) is 20.5. The summed E-state index contributed by atoms with van der Waals surface area (Å²) < 4.78 is 34.3. The van der Waals surface area contributed by atoms with Gasteiger partial charge in [-0.25, -0.2) is 0 Å². The zero-order valence-corrected chi connectivity index (χ0v) is 20.5. The number of nitrogens with zero attached hydrogens (tertiary/aromatic N) is 1. The number of hydrogen-bond donors (Lipinski definition) is 4. The first-order valence-electron chi connectivity index (χ1n) is 11.4. The number of nitrogens with two attached hydrogens (primary N) is 1. The van der Waals surface area contributed by atoms with E-state index in [1.807, 2.05) is 13.8 Å². The summed E-state index contributed by atoms with van der Waals surface area (Å²) in [6, 6.07) is 7.69. The van der Waals surface area contributed by atoms with Crippen molar-refractivity contribution >= 4 is 17.2 Å². The second-order valence-corrected chi connectivity index (χ2v) is 9.04. The van der Waals surface area contributed by atoms with Gasteiger partial charge in [-0.3, -0.25) is 15.2 Å². The molecule has 8 nitrogen and oxygen atoms in total. The molecule has 0 radical (unpaired) electrons. The number of nitrogens with one attached hydrogen (secondary N) is 2. The van der Waals surface area contributed by atoms with Crippen LogP contribution in [0, 0.1) is 5.41 Å². The predicted molar refractivity (Wildman–Crippen MR) is 131 cm³/mol. The molecule has 0 amide bonds. The van der Waals surface area contributed by atoms with Gasteiger partial charge in [-0.2, -0.15) is 8.78 Å². The Morgan fingerprint density at radius 3 is 2.43 bits per heavy atom. The van der Waals surface area contributed by atoms with Crippen molar-refractivity contribution < 1.29 is 28.2 Å². The lowest BCUT2D eigenvalue weighted by atomic mass is 9.96. The van der Waals surface area contributed by atoms with Crippen LogP contribution in [0.15, 0.2) is 36.5 Å². The lowest BCUT2D eigenvalue weighted by Crippen LogP contribution is -2.31. The Hall–Kier alpha value is -2.95. The van der Waals surface area contributed by atoms with E-state index in [9.17, 15) is 18.7 Å².